The van der Waals surface area contributed by atoms with Crippen LogP contribution in [0.25, 0.3) is 0 Å². The number of hydrogen-bond acceptors (Lipinski definition) is 3. The number of carbonyl (C=O) groups excluding carboxylic acids is 1. The van der Waals surface area contributed by atoms with Crippen LogP contribution in [0.4, 0.5) is 0 Å². The summed E-state index contributed by atoms with van der Waals surface area (Å²) in [5.41, 5.74) is 5.80. The monoisotopic (exact) mass is 200 g/mol. The van der Waals surface area contributed by atoms with Gasteiger partial charge in [-0.1, -0.05) is 20.3 Å². The number of nitrogens with one attached hydrogen (secondary N) is 1. The minimum Gasteiger partial charge on any atom is -0.379 e. The van der Waals surface area contributed by atoms with Crippen LogP contribution in [0.3, 0.4) is 0 Å². The van der Waals surface area contributed by atoms with E-state index in [1.165, 1.54) is 0 Å². The van der Waals surface area contributed by atoms with Crippen molar-refractivity contribution in [2.75, 3.05) is 13.2 Å². The molecule has 1 fully saturated rings. The maximum Gasteiger partial charge on any atom is 0.237 e. The maximum atomic E-state index is 11.6. The Balaban J connectivity index is 2.32. The van der Waals surface area contributed by atoms with Crippen molar-refractivity contribution in [3.8, 4) is 0 Å². The van der Waals surface area contributed by atoms with E-state index < -0.39 is 0 Å². The van der Waals surface area contributed by atoms with Crippen LogP contribution in [0, 0.1) is 5.92 Å². The van der Waals surface area contributed by atoms with Crippen molar-refractivity contribution < 1.29 is 9.53 Å². The van der Waals surface area contributed by atoms with Gasteiger partial charge in [0.2, 0.25) is 5.91 Å². The molecular weight excluding hydrogens is 180 g/mol. The smallest absolute Gasteiger partial charge is 0.237 e. The van der Waals surface area contributed by atoms with E-state index in [1.54, 1.807) is 0 Å². The van der Waals surface area contributed by atoms with Crippen molar-refractivity contribution in [1.29, 1.82) is 0 Å². The molecule has 82 valence electrons. The van der Waals surface area contributed by atoms with Crippen LogP contribution in [0.2, 0.25) is 0 Å². The van der Waals surface area contributed by atoms with E-state index >= 15 is 0 Å². The lowest BCUT2D eigenvalue weighted by atomic mass is 9.99. The van der Waals surface area contributed by atoms with Crippen molar-refractivity contribution >= 4 is 5.91 Å². The highest BCUT2D eigenvalue weighted by atomic mass is 16.5. The molecule has 3 unspecified atom stereocenters. The summed E-state index contributed by atoms with van der Waals surface area (Å²) in [4.78, 5) is 11.6. The summed E-state index contributed by atoms with van der Waals surface area (Å²) in [6, 6.07) is -0.224. The van der Waals surface area contributed by atoms with Gasteiger partial charge in [-0.3, -0.25) is 4.79 Å². The van der Waals surface area contributed by atoms with Gasteiger partial charge in [0.05, 0.1) is 18.7 Å². The molecule has 1 aliphatic heterocycles. The van der Waals surface area contributed by atoms with Crippen molar-refractivity contribution in [3.05, 3.63) is 0 Å². The van der Waals surface area contributed by atoms with Crippen molar-refractivity contribution in [2.45, 2.75) is 38.8 Å². The summed E-state index contributed by atoms with van der Waals surface area (Å²) in [6.07, 6.45) is 1.83. The highest BCUT2D eigenvalue weighted by Crippen LogP contribution is 2.08. The predicted octanol–water partition coefficient (Wildman–Crippen LogP) is 0.265. The van der Waals surface area contributed by atoms with Gasteiger partial charge in [-0.05, 0) is 12.3 Å². The second-order valence-corrected chi connectivity index (χ2v) is 3.98. The number of ether oxygens (including phenoxy) is 1. The van der Waals surface area contributed by atoms with E-state index in [2.05, 4.69) is 5.32 Å². The van der Waals surface area contributed by atoms with E-state index in [-0.39, 0.29) is 23.9 Å². The number of hydrogen-bond donors (Lipinski definition) is 2. The van der Waals surface area contributed by atoms with Crippen molar-refractivity contribution in [1.82, 2.24) is 5.32 Å². The minimum atomic E-state index is -0.388. The number of carbonyl (C=O) groups is 1. The van der Waals surface area contributed by atoms with Gasteiger partial charge in [-0.25, -0.2) is 0 Å². The fourth-order valence-corrected chi connectivity index (χ4v) is 1.46. The third-order valence-corrected chi connectivity index (χ3v) is 2.84. The molecule has 14 heavy (non-hydrogen) atoms. The van der Waals surface area contributed by atoms with Gasteiger partial charge in [0, 0.05) is 6.61 Å². The first-order valence-electron chi connectivity index (χ1n) is 5.28. The molecule has 0 bridgehead atoms. The standard InChI is InChI=1S/C10H20N2O2/c1-3-7(2)9(11)10(13)12-8-4-5-14-6-8/h7-9H,3-6,11H2,1-2H3,(H,12,13). The Hall–Kier alpha value is -0.610. The maximum absolute atomic E-state index is 11.6. The summed E-state index contributed by atoms with van der Waals surface area (Å²) in [5, 5.41) is 2.90. The van der Waals surface area contributed by atoms with Gasteiger partial charge in [0.25, 0.3) is 0 Å². The Morgan fingerprint density at radius 1 is 1.71 bits per heavy atom. The molecule has 1 heterocycles. The van der Waals surface area contributed by atoms with Crippen molar-refractivity contribution in [2.24, 2.45) is 11.7 Å². The lowest BCUT2D eigenvalue weighted by molar-refractivity contribution is -0.124. The van der Waals surface area contributed by atoms with Crippen LogP contribution >= 0.6 is 0 Å². The molecule has 1 amide bonds. The van der Waals surface area contributed by atoms with E-state index in [4.69, 9.17) is 10.5 Å². The lowest BCUT2D eigenvalue weighted by Gasteiger charge is -2.19. The molecule has 0 saturated carbocycles. The van der Waals surface area contributed by atoms with Gasteiger partial charge < -0.3 is 15.8 Å². The van der Waals surface area contributed by atoms with Crippen molar-refractivity contribution in [3.63, 3.8) is 0 Å². The Kier molecular flexibility index (Phi) is 4.35. The van der Waals surface area contributed by atoms with Crippen LogP contribution < -0.4 is 11.1 Å². The third kappa shape index (κ3) is 2.96. The number of nitrogens with two attached hydrogens (primary N) is 1. The zero-order chi connectivity index (χ0) is 10.6. The number of rotatable bonds is 4. The summed E-state index contributed by atoms with van der Waals surface area (Å²) in [5.74, 6) is 0.187. The molecule has 1 saturated heterocycles. The quantitative estimate of drug-likeness (QED) is 0.684. The topological polar surface area (TPSA) is 64.4 Å². The lowest BCUT2D eigenvalue weighted by Crippen LogP contribution is -2.48. The molecule has 0 aliphatic carbocycles. The second kappa shape index (κ2) is 5.32. The first-order valence-corrected chi connectivity index (χ1v) is 5.28. The average Bonchev–Trinajstić information content (AvgIpc) is 2.68. The SMILES string of the molecule is CCC(C)C(N)C(=O)NC1CCOC1. The molecule has 0 radical (unpaired) electrons. The van der Waals surface area contributed by atoms with Crippen LogP contribution in [0.1, 0.15) is 26.7 Å². The summed E-state index contributed by atoms with van der Waals surface area (Å²) >= 11 is 0. The first kappa shape index (κ1) is 11.5. The third-order valence-electron chi connectivity index (χ3n) is 2.84. The second-order valence-electron chi connectivity index (χ2n) is 3.98. The average molecular weight is 200 g/mol. The largest absolute Gasteiger partial charge is 0.379 e. The molecule has 4 heteroatoms. The molecule has 0 aromatic carbocycles. The van der Waals surface area contributed by atoms with Gasteiger partial charge >= 0.3 is 0 Å². The van der Waals surface area contributed by atoms with E-state index in [0.717, 1.165) is 19.4 Å². The van der Waals surface area contributed by atoms with Gasteiger partial charge in [-0.15, -0.1) is 0 Å². The predicted molar refractivity (Wildman–Crippen MR) is 54.8 cm³/mol. The molecule has 4 nitrogen and oxygen atoms in total. The van der Waals surface area contributed by atoms with Gasteiger partial charge in [0.15, 0.2) is 0 Å². The zero-order valence-corrected chi connectivity index (χ0v) is 8.95. The molecule has 1 rings (SSSR count). The summed E-state index contributed by atoms with van der Waals surface area (Å²) < 4.78 is 5.17. The van der Waals surface area contributed by atoms with E-state index in [0.29, 0.717) is 6.61 Å². The van der Waals surface area contributed by atoms with Crippen LogP contribution in [-0.2, 0) is 9.53 Å². The summed E-state index contributed by atoms with van der Waals surface area (Å²) in [7, 11) is 0. The molecule has 3 N–H and O–H groups in total. The van der Waals surface area contributed by atoms with Crippen LogP contribution in [0.15, 0.2) is 0 Å². The molecular formula is C10H20N2O2. The van der Waals surface area contributed by atoms with Crippen LogP contribution in [0.5, 0.6) is 0 Å². The summed E-state index contributed by atoms with van der Waals surface area (Å²) in [6.45, 7) is 5.40. The first-order chi connectivity index (χ1) is 6.65. The van der Waals surface area contributed by atoms with Crippen LogP contribution in [-0.4, -0.2) is 31.2 Å². The number of amides is 1. The molecule has 3 atom stereocenters. The minimum absolute atomic E-state index is 0.0464. The Labute approximate surface area is 85.2 Å². The zero-order valence-electron chi connectivity index (χ0n) is 8.95. The highest BCUT2D eigenvalue weighted by Gasteiger charge is 2.23. The molecule has 0 aromatic rings. The van der Waals surface area contributed by atoms with Gasteiger partial charge in [0.1, 0.15) is 0 Å². The normalized spacial score (nSPS) is 25.8. The Morgan fingerprint density at radius 2 is 2.43 bits per heavy atom. The molecule has 0 aromatic heterocycles. The Bertz CT molecular complexity index is 191. The Morgan fingerprint density at radius 3 is 2.93 bits per heavy atom. The van der Waals surface area contributed by atoms with Gasteiger partial charge in [-0.2, -0.15) is 0 Å². The highest BCUT2D eigenvalue weighted by molar-refractivity contribution is 5.82. The van der Waals surface area contributed by atoms with E-state index in [9.17, 15) is 4.79 Å². The molecule has 0 spiro atoms. The molecule has 1 aliphatic rings. The fraction of sp³-hybridized carbons (Fsp3) is 0.900. The fourth-order valence-electron chi connectivity index (χ4n) is 1.46. The van der Waals surface area contributed by atoms with E-state index in [1.807, 2.05) is 13.8 Å².